The minimum Gasteiger partial charge on any atom is -0.494 e. The molecule has 1 N–H and O–H groups in total. The van der Waals surface area contributed by atoms with Crippen molar-refractivity contribution in [3.63, 3.8) is 0 Å². The summed E-state index contributed by atoms with van der Waals surface area (Å²) >= 11 is 0. The van der Waals surface area contributed by atoms with E-state index in [4.69, 9.17) is 4.74 Å². The van der Waals surface area contributed by atoms with Crippen LogP contribution in [0.5, 0.6) is 5.75 Å². The lowest BCUT2D eigenvalue weighted by Gasteiger charge is -2.20. The Balaban J connectivity index is 2.40. The van der Waals surface area contributed by atoms with Crippen LogP contribution in [0, 0.1) is 11.6 Å². The minimum atomic E-state index is -0.465. The highest BCUT2D eigenvalue weighted by molar-refractivity contribution is 5.36. The van der Waals surface area contributed by atoms with E-state index >= 15 is 0 Å². The third-order valence-electron chi connectivity index (χ3n) is 3.22. The Morgan fingerprint density at radius 2 is 2.05 bits per heavy atom. The number of nitrogens with zero attached hydrogens (tertiary/aromatic N) is 1. The molecule has 0 aliphatic rings. The molecule has 0 amide bonds. The predicted molar refractivity (Wildman–Crippen MR) is 77.3 cm³/mol. The normalized spacial score (nSPS) is 12.2. The fraction of sp³-hybridized carbons (Fsp3) is 0.312. The van der Waals surface area contributed by atoms with Crippen molar-refractivity contribution in [1.29, 1.82) is 0 Å². The molecular weight excluding hydrogens is 274 g/mol. The van der Waals surface area contributed by atoms with Crippen molar-refractivity contribution in [2.45, 2.75) is 19.4 Å². The maximum atomic E-state index is 14.0. The summed E-state index contributed by atoms with van der Waals surface area (Å²) < 4.78 is 32.8. The second kappa shape index (κ2) is 7.13. The summed E-state index contributed by atoms with van der Waals surface area (Å²) in [7, 11) is 1.41. The first kappa shape index (κ1) is 15.4. The molecule has 0 saturated carbocycles. The SMILES string of the molecule is CCCNC(c1ccc(OC)c(F)c1)c1ccncc1F. The standard InChI is InChI=1S/C16H18F2N2O/c1-3-7-20-16(12-6-8-19-10-14(12)18)11-4-5-15(21-2)13(17)9-11/h4-6,8-10,16,20H,3,7H2,1-2H3. The molecule has 0 spiro atoms. The molecule has 0 bridgehead atoms. The van der Waals surface area contributed by atoms with E-state index in [2.05, 4.69) is 10.3 Å². The Hall–Kier alpha value is -2.01. The summed E-state index contributed by atoms with van der Waals surface area (Å²) in [4.78, 5) is 3.75. The van der Waals surface area contributed by atoms with Gasteiger partial charge in [0.1, 0.15) is 5.82 Å². The predicted octanol–water partition coefficient (Wildman–Crippen LogP) is 3.46. The number of benzene rings is 1. The molecule has 2 rings (SSSR count). The first-order valence-electron chi connectivity index (χ1n) is 6.83. The van der Waals surface area contributed by atoms with Gasteiger partial charge in [0.25, 0.3) is 0 Å². The van der Waals surface area contributed by atoms with Crippen LogP contribution in [0.2, 0.25) is 0 Å². The number of halogens is 2. The number of hydrogen-bond acceptors (Lipinski definition) is 3. The Morgan fingerprint density at radius 1 is 1.24 bits per heavy atom. The monoisotopic (exact) mass is 292 g/mol. The molecule has 2 aromatic rings. The van der Waals surface area contributed by atoms with E-state index in [9.17, 15) is 8.78 Å². The van der Waals surface area contributed by atoms with E-state index in [1.807, 2.05) is 6.92 Å². The molecule has 1 aromatic heterocycles. The first-order chi connectivity index (χ1) is 10.2. The van der Waals surface area contributed by atoms with Crippen molar-refractivity contribution in [3.8, 4) is 5.75 Å². The molecule has 3 nitrogen and oxygen atoms in total. The molecule has 0 aliphatic carbocycles. The van der Waals surface area contributed by atoms with Crippen LogP contribution >= 0.6 is 0 Å². The molecule has 0 aliphatic heterocycles. The van der Waals surface area contributed by atoms with Crippen molar-refractivity contribution < 1.29 is 13.5 Å². The zero-order chi connectivity index (χ0) is 15.2. The smallest absolute Gasteiger partial charge is 0.165 e. The average Bonchev–Trinajstić information content (AvgIpc) is 2.49. The van der Waals surface area contributed by atoms with Gasteiger partial charge in [0, 0.05) is 11.8 Å². The largest absolute Gasteiger partial charge is 0.494 e. The van der Waals surface area contributed by atoms with Gasteiger partial charge in [-0.05, 0) is 36.7 Å². The number of nitrogens with one attached hydrogen (secondary N) is 1. The van der Waals surface area contributed by atoms with Gasteiger partial charge in [-0.1, -0.05) is 13.0 Å². The summed E-state index contributed by atoms with van der Waals surface area (Å²) in [5.41, 5.74) is 1.09. The van der Waals surface area contributed by atoms with Gasteiger partial charge in [-0.3, -0.25) is 4.98 Å². The van der Waals surface area contributed by atoms with Crippen LogP contribution in [-0.4, -0.2) is 18.6 Å². The molecule has 1 heterocycles. The van der Waals surface area contributed by atoms with E-state index in [-0.39, 0.29) is 5.75 Å². The van der Waals surface area contributed by atoms with Crippen molar-refractivity contribution in [1.82, 2.24) is 10.3 Å². The molecule has 0 saturated heterocycles. The number of aromatic nitrogens is 1. The molecule has 5 heteroatoms. The Labute approximate surface area is 123 Å². The van der Waals surface area contributed by atoms with Crippen LogP contribution in [0.3, 0.4) is 0 Å². The summed E-state index contributed by atoms with van der Waals surface area (Å²) in [5.74, 6) is -0.710. The van der Waals surface area contributed by atoms with Crippen LogP contribution in [-0.2, 0) is 0 Å². The Kier molecular flexibility index (Phi) is 5.22. The number of methoxy groups -OCH3 is 1. The highest BCUT2D eigenvalue weighted by Crippen LogP contribution is 2.27. The van der Waals surface area contributed by atoms with Crippen LogP contribution in [0.15, 0.2) is 36.7 Å². The van der Waals surface area contributed by atoms with Crippen LogP contribution in [0.1, 0.15) is 30.5 Å². The fourth-order valence-corrected chi connectivity index (χ4v) is 2.18. The van der Waals surface area contributed by atoms with Crippen molar-refractivity contribution in [2.24, 2.45) is 0 Å². The lowest BCUT2D eigenvalue weighted by Crippen LogP contribution is -2.24. The summed E-state index contributed by atoms with van der Waals surface area (Å²) in [6.07, 6.45) is 3.58. The zero-order valence-corrected chi connectivity index (χ0v) is 12.1. The molecular formula is C16H18F2N2O. The highest BCUT2D eigenvalue weighted by atomic mass is 19.1. The number of pyridine rings is 1. The topological polar surface area (TPSA) is 34.1 Å². The lowest BCUT2D eigenvalue weighted by atomic mass is 9.98. The van der Waals surface area contributed by atoms with Gasteiger partial charge in [0.15, 0.2) is 11.6 Å². The number of hydrogen-bond donors (Lipinski definition) is 1. The van der Waals surface area contributed by atoms with Gasteiger partial charge in [-0.15, -0.1) is 0 Å². The zero-order valence-electron chi connectivity index (χ0n) is 12.1. The first-order valence-corrected chi connectivity index (χ1v) is 6.83. The molecule has 1 atom stereocenters. The summed E-state index contributed by atoms with van der Waals surface area (Å²) in [6, 6.07) is 5.82. The van der Waals surface area contributed by atoms with Gasteiger partial charge in [-0.25, -0.2) is 8.78 Å². The third kappa shape index (κ3) is 3.55. The Bertz CT molecular complexity index is 605. The van der Waals surface area contributed by atoms with E-state index in [0.717, 1.165) is 12.6 Å². The average molecular weight is 292 g/mol. The van der Waals surface area contributed by atoms with Crippen molar-refractivity contribution in [3.05, 3.63) is 59.4 Å². The molecule has 21 heavy (non-hydrogen) atoms. The van der Waals surface area contributed by atoms with Crippen molar-refractivity contribution in [2.75, 3.05) is 13.7 Å². The maximum Gasteiger partial charge on any atom is 0.165 e. The van der Waals surface area contributed by atoms with Crippen LogP contribution in [0.25, 0.3) is 0 Å². The molecule has 1 aromatic carbocycles. The highest BCUT2D eigenvalue weighted by Gasteiger charge is 2.18. The molecule has 0 fully saturated rings. The number of ether oxygens (including phenoxy) is 1. The maximum absolute atomic E-state index is 14.0. The minimum absolute atomic E-state index is 0.170. The fourth-order valence-electron chi connectivity index (χ4n) is 2.18. The van der Waals surface area contributed by atoms with Gasteiger partial charge >= 0.3 is 0 Å². The van der Waals surface area contributed by atoms with E-state index in [1.54, 1.807) is 18.2 Å². The van der Waals surface area contributed by atoms with Crippen LogP contribution in [0.4, 0.5) is 8.78 Å². The van der Waals surface area contributed by atoms with Gasteiger partial charge < -0.3 is 10.1 Å². The molecule has 0 radical (unpaired) electrons. The van der Waals surface area contributed by atoms with E-state index in [0.29, 0.717) is 17.7 Å². The van der Waals surface area contributed by atoms with Gasteiger partial charge in [-0.2, -0.15) is 0 Å². The van der Waals surface area contributed by atoms with E-state index in [1.165, 1.54) is 19.4 Å². The second-order valence-corrected chi connectivity index (χ2v) is 4.68. The molecule has 112 valence electrons. The van der Waals surface area contributed by atoms with Crippen LogP contribution < -0.4 is 10.1 Å². The second-order valence-electron chi connectivity index (χ2n) is 4.68. The lowest BCUT2D eigenvalue weighted by molar-refractivity contribution is 0.385. The van der Waals surface area contributed by atoms with Gasteiger partial charge in [0.05, 0.1) is 19.3 Å². The molecule has 1 unspecified atom stereocenters. The quantitative estimate of drug-likeness (QED) is 0.885. The summed E-state index contributed by atoms with van der Waals surface area (Å²) in [5, 5.41) is 3.23. The number of rotatable bonds is 6. The van der Waals surface area contributed by atoms with Gasteiger partial charge in [0.2, 0.25) is 0 Å². The third-order valence-corrected chi connectivity index (χ3v) is 3.22. The van der Waals surface area contributed by atoms with Crippen molar-refractivity contribution >= 4 is 0 Å². The Morgan fingerprint density at radius 3 is 2.67 bits per heavy atom. The summed E-state index contributed by atoms with van der Waals surface area (Å²) in [6.45, 7) is 2.71. The van der Waals surface area contributed by atoms with E-state index < -0.39 is 17.7 Å².